The number of rotatable bonds is 15. The van der Waals surface area contributed by atoms with Crippen LogP contribution in [0.5, 0.6) is 0 Å². The molecule has 0 bridgehead atoms. The van der Waals surface area contributed by atoms with Crippen LogP contribution in [0.2, 0.25) is 0 Å². The molecule has 0 radical (unpaired) electrons. The number of aliphatic hydroxyl groups is 1. The fraction of sp³-hybridized carbons (Fsp3) is 0.421. The van der Waals surface area contributed by atoms with Crippen LogP contribution in [0.4, 0.5) is 0 Å². The lowest BCUT2D eigenvalue weighted by molar-refractivity contribution is -0.253. The second-order valence-electron chi connectivity index (χ2n) is 12.5. The van der Waals surface area contributed by atoms with Crippen molar-refractivity contribution in [2.24, 2.45) is 0 Å². The van der Waals surface area contributed by atoms with Crippen molar-refractivity contribution >= 4 is 11.8 Å². The van der Waals surface area contributed by atoms with Gasteiger partial charge in [-0.2, -0.15) is 0 Å². The fourth-order valence-corrected chi connectivity index (χ4v) is 6.63. The number of carbonyl (C=O) groups is 2. The van der Waals surface area contributed by atoms with Crippen LogP contribution in [-0.2, 0) is 32.2 Å². The third-order valence-electron chi connectivity index (χ3n) is 9.18. The number of carbonyl (C=O) groups excluding carboxylic acids is 2. The molecule has 2 amide bonds. The summed E-state index contributed by atoms with van der Waals surface area (Å²) in [6, 6.07) is 24.7. The van der Waals surface area contributed by atoms with Gasteiger partial charge >= 0.3 is 0 Å². The summed E-state index contributed by atoms with van der Waals surface area (Å²) in [6.45, 7) is 6.03. The molecule has 3 unspecified atom stereocenters. The molecule has 9 nitrogen and oxygen atoms in total. The number of nitrogens with zero attached hydrogens (tertiary/aromatic N) is 1. The first-order chi connectivity index (χ1) is 23.0. The fourth-order valence-electron chi connectivity index (χ4n) is 6.63. The molecule has 3 atom stereocenters. The van der Waals surface area contributed by atoms with E-state index in [0.717, 1.165) is 52.9 Å². The van der Waals surface area contributed by atoms with Gasteiger partial charge in [0, 0.05) is 50.5 Å². The third kappa shape index (κ3) is 9.59. The number of hydrogen-bond donors (Lipinski definition) is 4. The second kappa shape index (κ2) is 17.3. The molecule has 3 aromatic carbocycles. The normalized spacial score (nSPS) is 19.9. The number of aliphatic hydroxyl groups excluding tert-OH is 1. The molecule has 250 valence electrons. The highest BCUT2D eigenvalue weighted by Gasteiger charge is 2.34. The van der Waals surface area contributed by atoms with Crippen LogP contribution in [-0.4, -0.2) is 52.3 Å². The maximum atomic E-state index is 12.4. The Kier molecular flexibility index (Phi) is 12.7. The van der Waals surface area contributed by atoms with Gasteiger partial charge in [0.05, 0.1) is 18.8 Å². The Labute approximate surface area is 277 Å². The summed E-state index contributed by atoms with van der Waals surface area (Å²) in [6.07, 6.45) is 7.61. The van der Waals surface area contributed by atoms with E-state index >= 15 is 0 Å². The predicted octanol–water partition coefficient (Wildman–Crippen LogP) is 6.11. The summed E-state index contributed by atoms with van der Waals surface area (Å²) >= 11 is 0. The number of benzene rings is 3. The molecule has 9 heteroatoms. The van der Waals surface area contributed by atoms with E-state index in [2.05, 4.69) is 28.9 Å². The first-order valence-corrected chi connectivity index (χ1v) is 16.7. The highest BCUT2D eigenvalue weighted by Crippen LogP contribution is 2.39. The van der Waals surface area contributed by atoms with Gasteiger partial charge in [-0.1, -0.05) is 91.7 Å². The highest BCUT2D eigenvalue weighted by atomic mass is 16.7. The Morgan fingerprint density at radius 3 is 2.32 bits per heavy atom. The molecule has 1 aliphatic carbocycles. The first-order valence-electron chi connectivity index (χ1n) is 16.7. The Morgan fingerprint density at radius 2 is 1.62 bits per heavy atom. The summed E-state index contributed by atoms with van der Waals surface area (Å²) in [5, 5.41) is 21.1. The summed E-state index contributed by atoms with van der Waals surface area (Å²) in [7, 11) is 0. The average molecular weight is 642 g/mol. The SMILES string of the molecule is C=CCN(CC1CC(c2ccc(CO)cc2)OC(c2ccc(-c3ccccc3CNC(=O)CCCC(=O)NO)cc2)O1)C1CCCC1. The minimum absolute atomic E-state index is 0.00538. The summed E-state index contributed by atoms with van der Waals surface area (Å²) in [5.74, 6) is -0.653. The Bertz CT molecular complexity index is 1450. The molecular formula is C38H47N3O6. The van der Waals surface area contributed by atoms with Crippen molar-refractivity contribution in [1.29, 1.82) is 0 Å². The van der Waals surface area contributed by atoms with Gasteiger partial charge in [0.1, 0.15) is 0 Å². The largest absolute Gasteiger partial charge is 0.392 e. The maximum Gasteiger partial charge on any atom is 0.243 e. The van der Waals surface area contributed by atoms with Gasteiger partial charge in [-0.15, -0.1) is 6.58 Å². The quantitative estimate of drug-likeness (QED) is 0.0898. The lowest BCUT2D eigenvalue weighted by Gasteiger charge is -2.39. The maximum absolute atomic E-state index is 12.4. The van der Waals surface area contributed by atoms with E-state index in [1.165, 1.54) is 25.7 Å². The molecule has 1 saturated carbocycles. The second-order valence-corrected chi connectivity index (χ2v) is 12.5. The Morgan fingerprint density at radius 1 is 0.915 bits per heavy atom. The number of hydroxylamine groups is 1. The van der Waals surface area contributed by atoms with E-state index < -0.39 is 12.2 Å². The van der Waals surface area contributed by atoms with Crippen molar-refractivity contribution in [2.45, 2.75) is 89.1 Å². The van der Waals surface area contributed by atoms with Gasteiger partial charge < -0.3 is 19.9 Å². The van der Waals surface area contributed by atoms with Gasteiger partial charge in [0.15, 0.2) is 6.29 Å². The number of ether oxygens (including phenoxy) is 2. The van der Waals surface area contributed by atoms with E-state index in [1.807, 2.05) is 66.7 Å². The van der Waals surface area contributed by atoms with Crippen LogP contribution in [0.15, 0.2) is 85.5 Å². The van der Waals surface area contributed by atoms with E-state index in [9.17, 15) is 14.7 Å². The van der Waals surface area contributed by atoms with Gasteiger partial charge in [0.25, 0.3) is 0 Å². The summed E-state index contributed by atoms with van der Waals surface area (Å²) < 4.78 is 13.3. The zero-order chi connectivity index (χ0) is 33.0. The number of nitrogens with one attached hydrogen (secondary N) is 2. The molecule has 4 N–H and O–H groups in total. The molecule has 1 saturated heterocycles. The third-order valence-corrected chi connectivity index (χ3v) is 9.18. The van der Waals surface area contributed by atoms with E-state index in [0.29, 0.717) is 19.0 Å². The molecule has 2 aliphatic rings. The van der Waals surface area contributed by atoms with Crippen LogP contribution in [0.25, 0.3) is 11.1 Å². The number of amides is 2. The van der Waals surface area contributed by atoms with Crippen LogP contribution in [0.1, 0.15) is 86.0 Å². The van der Waals surface area contributed by atoms with Crippen LogP contribution in [0.3, 0.4) is 0 Å². The van der Waals surface area contributed by atoms with Crippen molar-refractivity contribution in [3.8, 4) is 11.1 Å². The number of hydrogen-bond acceptors (Lipinski definition) is 7. The monoisotopic (exact) mass is 641 g/mol. The van der Waals surface area contributed by atoms with Gasteiger partial charge in [-0.3, -0.25) is 19.7 Å². The summed E-state index contributed by atoms with van der Waals surface area (Å²) in [4.78, 5) is 26.1. The molecule has 0 aromatic heterocycles. The van der Waals surface area contributed by atoms with Crippen LogP contribution in [0, 0.1) is 0 Å². The van der Waals surface area contributed by atoms with Crippen LogP contribution < -0.4 is 10.8 Å². The Hall–Kier alpha value is -3.86. The first kappa shape index (κ1) is 34.5. The van der Waals surface area contributed by atoms with Gasteiger partial charge in [-0.05, 0) is 47.1 Å². The van der Waals surface area contributed by atoms with Crippen molar-refractivity contribution in [1.82, 2.24) is 15.7 Å². The molecule has 5 rings (SSSR count). The van der Waals surface area contributed by atoms with Crippen molar-refractivity contribution in [3.05, 3.63) is 108 Å². The minimum atomic E-state index is -0.540. The Balaban J connectivity index is 1.30. The van der Waals surface area contributed by atoms with Crippen molar-refractivity contribution in [3.63, 3.8) is 0 Å². The zero-order valence-electron chi connectivity index (χ0n) is 27.0. The molecule has 1 heterocycles. The molecular weight excluding hydrogens is 594 g/mol. The highest BCUT2D eigenvalue weighted by molar-refractivity contribution is 5.78. The van der Waals surface area contributed by atoms with E-state index in [-0.39, 0.29) is 37.6 Å². The average Bonchev–Trinajstić information content (AvgIpc) is 3.66. The molecule has 47 heavy (non-hydrogen) atoms. The predicted molar refractivity (Wildman–Crippen MR) is 180 cm³/mol. The molecule has 1 aliphatic heterocycles. The van der Waals surface area contributed by atoms with E-state index in [4.69, 9.17) is 14.7 Å². The minimum Gasteiger partial charge on any atom is -0.392 e. The smallest absolute Gasteiger partial charge is 0.243 e. The zero-order valence-corrected chi connectivity index (χ0v) is 27.0. The van der Waals surface area contributed by atoms with E-state index in [1.54, 1.807) is 5.48 Å². The van der Waals surface area contributed by atoms with Gasteiger partial charge in [0.2, 0.25) is 11.8 Å². The van der Waals surface area contributed by atoms with Crippen LogP contribution >= 0.6 is 0 Å². The topological polar surface area (TPSA) is 120 Å². The lowest BCUT2D eigenvalue weighted by Crippen LogP contribution is -2.43. The standard InChI is InChI=1S/C38H47N3O6/c1-2-22-41(32-9-4-5-10-32)25-33-23-35(29-16-14-27(26-42)15-17-29)47-38(46-33)30-20-18-28(19-21-30)34-11-6-3-8-31(34)24-39-36(43)12-7-13-37(44)40-45/h2-3,6,8,11,14-21,32-33,35,38,42,45H,1,4-5,7,9-10,12-13,22-26H2,(H,39,43)(H,40,44). The molecule has 3 aromatic rings. The lowest BCUT2D eigenvalue weighted by atomic mass is 9.97. The molecule has 0 spiro atoms. The summed E-state index contributed by atoms with van der Waals surface area (Å²) in [5.41, 5.74) is 7.47. The van der Waals surface area contributed by atoms with Gasteiger partial charge in [-0.25, -0.2) is 5.48 Å². The molecule has 2 fully saturated rings. The van der Waals surface area contributed by atoms with Crippen molar-refractivity contribution < 1.29 is 29.4 Å². The van der Waals surface area contributed by atoms with Crippen molar-refractivity contribution in [2.75, 3.05) is 13.1 Å².